The number of amides is 2. The molecule has 0 saturated heterocycles. The van der Waals surface area contributed by atoms with Crippen LogP contribution in [0.4, 0.5) is 0 Å². The lowest BCUT2D eigenvalue weighted by Crippen LogP contribution is -2.44. The van der Waals surface area contributed by atoms with Gasteiger partial charge < -0.3 is 15.7 Å². The summed E-state index contributed by atoms with van der Waals surface area (Å²) < 4.78 is 0. The van der Waals surface area contributed by atoms with E-state index >= 15 is 0 Å². The second-order valence-electron chi connectivity index (χ2n) is 6.24. The maximum atomic E-state index is 11.6. The maximum absolute atomic E-state index is 11.6. The van der Waals surface area contributed by atoms with E-state index in [1.165, 1.54) is 0 Å². The van der Waals surface area contributed by atoms with E-state index in [4.69, 9.17) is 5.11 Å². The van der Waals surface area contributed by atoms with Crippen molar-refractivity contribution < 1.29 is 19.5 Å². The molecule has 0 unspecified atom stereocenters. The molecule has 0 aromatic rings. The minimum atomic E-state index is -1.03. The quantitative estimate of drug-likeness (QED) is 0.612. The first-order valence-corrected chi connectivity index (χ1v) is 6.86. The van der Waals surface area contributed by atoms with Crippen molar-refractivity contribution in [2.45, 2.75) is 53.5 Å². The molecule has 0 aliphatic carbocycles. The molecule has 0 aromatic carbocycles. The number of rotatable bonds is 7. The molecule has 0 aliphatic heterocycles. The van der Waals surface area contributed by atoms with Gasteiger partial charge in [0.15, 0.2) is 0 Å². The maximum Gasteiger partial charge on any atom is 0.326 e. The average molecular weight is 286 g/mol. The average Bonchev–Trinajstić information content (AvgIpc) is 2.29. The Kier molecular flexibility index (Phi) is 7.24. The van der Waals surface area contributed by atoms with Crippen molar-refractivity contribution in [3.63, 3.8) is 0 Å². The zero-order valence-corrected chi connectivity index (χ0v) is 12.9. The van der Waals surface area contributed by atoms with Crippen LogP contribution in [-0.2, 0) is 14.4 Å². The zero-order chi connectivity index (χ0) is 15.9. The molecule has 0 rings (SSSR count). The summed E-state index contributed by atoms with van der Waals surface area (Å²) in [7, 11) is 0. The van der Waals surface area contributed by atoms with Crippen molar-refractivity contribution in [3.8, 4) is 0 Å². The number of carbonyl (C=O) groups excluding carboxylic acids is 2. The lowest BCUT2D eigenvalue weighted by molar-refractivity contribution is -0.143. The summed E-state index contributed by atoms with van der Waals surface area (Å²) >= 11 is 0. The second kappa shape index (κ2) is 7.87. The topological polar surface area (TPSA) is 95.5 Å². The Bertz CT molecular complexity index is 359. The highest BCUT2D eigenvalue weighted by Gasteiger charge is 2.23. The van der Waals surface area contributed by atoms with Crippen molar-refractivity contribution >= 4 is 17.8 Å². The number of aliphatic carboxylic acids is 1. The van der Waals surface area contributed by atoms with E-state index in [1.54, 1.807) is 13.8 Å². The van der Waals surface area contributed by atoms with Gasteiger partial charge in [-0.1, -0.05) is 34.6 Å². The van der Waals surface area contributed by atoms with Crippen LogP contribution in [0.2, 0.25) is 0 Å². The third-order valence-electron chi connectivity index (χ3n) is 2.80. The number of carbonyl (C=O) groups is 3. The Labute approximate surface area is 120 Å². The molecular formula is C14H26N2O4. The first kappa shape index (κ1) is 18.4. The minimum absolute atomic E-state index is 0.0662. The van der Waals surface area contributed by atoms with Crippen LogP contribution in [0, 0.1) is 11.3 Å². The zero-order valence-electron chi connectivity index (χ0n) is 12.9. The number of hydrogen-bond donors (Lipinski definition) is 3. The Morgan fingerprint density at radius 2 is 1.70 bits per heavy atom. The lowest BCUT2D eigenvalue weighted by Gasteiger charge is -2.19. The molecule has 0 aromatic heterocycles. The van der Waals surface area contributed by atoms with E-state index in [1.807, 2.05) is 20.8 Å². The van der Waals surface area contributed by atoms with E-state index in [2.05, 4.69) is 10.6 Å². The van der Waals surface area contributed by atoms with Crippen LogP contribution in [0.5, 0.6) is 0 Å². The van der Waals surface area contributed by atoms with E-state index in [-0.39, 0.29) is 24.2 Å². The van der Waals surface area contributed by atoms with Gasteiger partial charge in [-0.25, -0.2) is 4.79 Å². The fraction of sp³-hybridized carbons (Fsp3) is 0.786. The first-order valence-electron chi connectivity index (χ1n) is 6.86. The summed E-state index contributed by atoms with van der Waals surface area (Å²) in [4.78, 5) is 34.1. The number of hydrogen-bond acceptors (Lipinski definition) is 3. The van der Waals surface area contributed by atoms with Crippen LogP contribution in [0.25, 0.3) is 0 Å². The van der Waals surface area contributed by atoms with Crippen molar-refractivity contribution in [3.05, 3.63) is 0 Å². The molecule has 0 radical (unpaired) electrons. The molecule has 20 heavy (non-hydrogen) atoms. The van der Waals surface area contributed by atoms with Gasteiger partial charge in [-0.2, -0.15) is 0 Å². The molecule has 0 heterocycles. The van der Waals surface area contributed by atoms with Crippen LogP contribution in [0.1, 0.15) is 47.5 Å². The predicted octanol–water partition coefficient (Wildman–Crippen LogP) is 1.15. The highest BCUT2D eigenvalue weighted by Crippen LogP contribution is 2.12. The van der Waals surface area contributed by atoms with Crippen LogP contribution in [-0.4, -0.2) is 35.5 Å². The van der Waals surface area contributed by atoms with Crippen LogP contribution in [0.15, 0.2) is 0 Å². The van der Waals surface area contributed by atoms with Gasteiger partial charge in [0.25, 0.3) is 0 Å². The molecular weight excluding hydrogens is 260 g/mol. The summed E-state index contributed by atoms with van der Waals surface area (Å²) in [6, 6.07) is -0.869. The summed E-state index contributed by atoms with van der Waals surface area (Å²) in [5.41, 5.74) is -0.450. The van der Waals surface area contributed by atoms with Crippen molar-refractivity contribution in [2.75, 3.05) is 6.54 Å². The smallest absolute Gasteiger partial charge is 0.326 e. The van der Waals surface area contributed by atoms with Crippen molar-refractivity contribution in [1.29, 1.82) is 0 Å². The largest absolute Gasteiger partial charge is 0.480 e. The van der Waals surface area contributed by atoms with Crippen molar-refractivity contribution in [1.82, 2.24) is 10.6 Å². The lowest BCUT2D eigenvalue weighted by atomic mass is 9.96. The third-order valence-corrected chi connectivity index (χ3v) is 2.80. The molecule has 6 heteroatoms. The molecule has 0 bridgehead atoms. The van der Waals surface area contributed by atoms with E-state index in [9.17, 15) is 14.4 Å². The summed E-state index contributed by atoms with van der Waals surface area (Å²) in [5, 5.41) is 14.2. The van der Waals surface area contributed by atoms with Gasteiger partial charge >= 0.3 is 5.97 Å². The van der Waals surface area contributed by atoms with Gasteiger partial charge in [-0.3, -0.25) is 9.59 Å². The fourth-order valence-electron chi connectivity index (χ4n) is 1.48. The Morgan fingerprint density at radius 1 is 1.15 bits per heavy atom. The predicted molar refractivity (Wildman–Crippen MR) is 76.1 cm³/mol. The number of carboxylic acids is 1. The van der Waals surface area contributed by atoms with Gasteiger partial charge in [0.2, 0.25) is 11.8 Å². The standard InChI is InChI=1S/C14H26N2O4/c1-9(2)11(12(18)19)16-10(17)7-6-8-15-13(20)14(3,4)5/h9,11H,6-8H2,1-5H3,(H,15,20)(H,16,17)(H,18,19)/t11-/m1/s1. The molecule has 2 amide bonds. The van der Waals surface area contributed by atoms with E-state index in [0.717, 1.165) is 0 Å². The molecule has 0 saturated carbocycles. The molecule has 3 N–H and O–H groups in total. The Balaban J connectivity index is 4.01. The normalized spacial score (nSPS) is 12.9. The SMILES string of the molecule is CC(C)[C@@H](NC(=O)CCCNC(=O)C(C)(C)C)C(=O)O. The van der Waals surface area contributed by atoms with Gasteiger partial charge in [0, 0.05) is 18.4 Å². The molecule has 0 aliphatic rings. The van der Waals surface area contributed by atoms with Crippen LogP contribution < -0.4 is 10.6 Å². The molecule has 0 spiro atoms. The van der Waals surface area contributed by atoms with Gasteiger partial charge in [-0.05, 0) is 12.3 Å². The minimum Gasteiger partial charge on any atom is -0.480 e. The first-order chi connectivity index (χ1) is 9.05. The van der Waals surface area contributed by atoms with Gasteiger partial charge in [0.1, 0.15) is 6.04 Å². The molecule has 0 fully saturated rings. The van der Waals surface area contributed by atoms with Crippen molar-refractivity contribution in [2.24, 2.45) is 11.3 Å². The highest BCUT2D eigenvalue weighted by molar-refractivity contribution is 5.84. The Morgan fingerprint density at radius 3 is 2.10 bits per heavy atom. The van der Waals surface area contributed by atoms with E-state index < -0.39 is 17.4 Å². The monoisotopic (exact) mass is 286 g/mol. The number of nitrogens with one attached hydrogen (secondary N) is 2. The highest BCUT2D eigenvalue weighted by atomic mass is 16.4. The third kappa shape index (κ3) is 7.11. The second-order valence-corrected chi connectivity index (χ2v) is 6.24. The summed E-state index contributed by atoms with van der Waals surface area (Å²) in [5.74, 6) is -1.58. The molecule has 6 nitrogen and oxygen atoms in total. The fourth-order valence-corrected chi connectivity index (χ4v) is 1.48. The van der Waals surface area contributed by atoms with Gasteiger partial charge in [0.05, 0.1) is 0 Å². The Hall–Kier alpha value is -1.59. The number of carboxylic acid groups (broad SMARTS) is 1. The van der Waals surface area contributed by atoms with Gasteiger partial charge in [-0.15, -0.1) is 0 Å². The van der Waals surface area contributed by atoms with E-state index in [0.29, 0.717) is 13.0 Å². The summed E-state index contributed by atoms with van der Waals surface area (Å²) in [6.45, 7) is 9.33. The van der Waals surface area contributed by atoms with Crippen LogP contribution >= 0.6 is 0 Å². The molecule has 1 atom stereocenters. The molecule has 116 valence electrons. The summed E-state index contributed by atoms with van der Waals surface area (Å²) in [6.07, 6.45) is 0.680. The van der Waals surface area contributed by atoms with Crippen LogP contribution in [0.3, 0.4) is 0 Å².